The Morgan fingerprint density at radius 1 is 0.682 bits per heavy atom. The van der Waals surface area contributed by atoms with E-state index in [0.717, 1.165) is 16.7 Å². The summed E-state index contributed by atoms with van der Waals surface area (Å²) in [5, 5.41) is 1.05. The van der Waals surface area contributed by atoms with E-state index in [2.05, 4.69) is 0 Å². The zero-order chi connectivity index (χ0) is 32.4. The zero-order valence-electron chi connectivity index (χ0n) is 26.6. The maximum absolute atomic E-state index is 16.2. The topological polar surface area (TPSA) is 31.0 Å². The summed E-state index contributed by atoms with van der Waals surface area (Å²) in [6.07, 6.45) is 0. The van der Waals surface area contributed by atoms with Crippen LogP contribution >= 0.6 is 0 Å². The van der Waals surface area contributed by atoms with E-state index in [9.17, 15) is 0 Å². The summed E-state index contributed by atoms with van der Waals surface area (Å²) in [4.78, 5) is 4.85. The summed E-state index contributed by atoms with van der Waals surface area (Å²) in [6, 6.07) is 35.6. The van der Waals surface area contributed by atoms with Crippen molar-refractivity contribution in [1.29, 1.82) is 0 Å². The minimum absolute atomic E-state index is 0.120. The van der Waals surface area contributed by atoms with Gasteiger partial charge < -0.3 is 4.42 Å². The number of imidazole rings is 1. The van der Waals surface area contributed by atoms with Gasteiger partial charge in [-0.3, -0.25) is 4.57 Å². The number of aryl methyl sites for hydroxylation is 2. The SMILES string of the molecule is [2H]C([2H])([2H])c1ccc(-c2nc3ccccc3n2-c2c(F)cc(-c3ccccc3)cc2F)c2oc3c(C)c(-c4ccccc4)ccc3c12. The van der Waals surface area contributed by atoms with E-state index in [1.165, 1.54) is 22.8 Å². The first-order chi connectivity index (χ1) is 22.7. The van der Waals surface area contributed by atoms with Gasteiger partial charge in [0, 0.05) is 20.4 Å². The van der Waals surface area contributed by atoms with Crippen LogP contribution in [0.1, 0.15) is 15.2 Å². The third-order valence-electron chi connectivity index (χ3n) is 8.27. The Morgan fingerprint density at radius 3 is 2.07 bits per heavy atom. The van der Waals surface area contributed by atoms with Gasteiger partial charge in [-0.15, -0.1) is 0 Å². The lowest BCUT2D eigenvalue weighted by atomic mass is 9.97. The Morgan fingerprint density at radius 2 is 1.34 bits per heavy atom. The molecule has 5 heteroatoms. The van der Waals surface area contributed by atoms with Gasteiger partial charge in [0.2, 0.25) is 0 Å². The lowest BCUT2D eigenvalue weighted by molar-refractivity contribution is 0.572. The molecular formula is C39H26F2N2O. The van der Waals surface area contributed by atoms with Crippen molar-refractivity contribution in [3.05, 3.63) is 144 Å². The Balaban J connectivity index is 1.43. The van der Waals surface area contributed by atoms with Crippen molar-refractivity contribution in [2.24, 2.45) is 0 Å². The van der Waals surface area contributed by atoms with Crippen molar-refractivity contribution in [2.75, 3.05) is 0 Å². The fraction of sp³-hybridized carbons (Fsp3) is 0.0513. The molecule has 0 spiro atoms. The van der Waals surface area contributed by atoms with Crippen molar-refractivity contribution in [1.82, 2.24) is 9.55 Å². The first-order valence-corrected chi connectivity index (χ1v) is 14.3. The van der Waals surface area contributed by atoms with Gasteiger partial charge in [0.05, 0.1) is 16.6 Å². The molecule has 2 aromatic heterocycles. The lowest BCUT2D eigenvalue weighted by Crippen LogP contribution is -2.05. The molecule has 0 aliphatic heterocycles. The molecule has 8 rings (SSSR count). The Kier molecular flexibility index (Phi) is 5.23. The van der Waals surface area contributed by atoms with Crippen molar-refractivity contribution in [3.8, 4) is 39.3 Å². The molecule has 8 aromatic rings. The van der Waals surface area contributed by atoms with Crippen LogP contribution in [0, 0.1) is 25.4 Å². The van der Waals surface area contributed by atoms with E-state index in [1.54, 1.807) is 42.5 Å². The van der Waals surface area contributed by atoms with Gasteiger partial charge in [-0.05, 0) is 78.0 Å². The second kappa shape index (κ2) is 10.0. The molecule has 0 saturated carbocycles. The molecule has 0 aliphatic rings. The molecule has 0 aliphatic carbocycles. The highest BCUT2D eigenvalue weighted by molar-refractivity contribution is 6.13. The molecule has 212 valence electrons. The summed E-state index contributed by atoms with van der Waals surface area (Å²) in [5.41, 5.74) is 5.92. The maximum Gasteiger partial charge on any atom is 0.150 e. The summed E-state index contributed by atoms with van der Waals surface area (Å²) >= 11 is 0. The third kappa shape index (κ3) is 3.97. The van der Waals surface area contributed by atoms with Crippen LogP contribution in [0.4, 0.5) is 8.78 Å². The van der Waals surface area contributed by atoms with Crippen molar-refractivity contribution in [3.63, 3.8) is 0 Å². The maximum atomic E-state index is 16.2. The molecule has 0 amide bonds. The fourth-order valence-electron chi connectivity index (χ4n) is 6.19. The highest BCUT2D eigenvalue weighted by Crippen LogP contribution is 2.42. The van der Waals surface area contributed by atoms with Crippen LogP contribution in [0.5, 0.6) is 0 Å². The number of para-hydroxylation sites is 2. The van der Waals surface area contributed by atoms with E-state index in [1.807, 2.05) is 67.6 Å². The van der Waals surface area contributed by atoms with Crippen LogP contribution in [-0.2, 0) is 0 Å². The van der Waals surface area contributed by atoms with Crippen LogP contribution in [0.15, 0.2) is 126 Å². The van der Waals surface area contributed by atoms with Gasteiger partial charge in [-0.1, -0.05) is 84.9 Å². The number of furan rings is 1. The normalized spacial score (nSPS) is 12.9. The number of nitrogens with zero attached hydrogens (tertiary/aromatic N) is 2. The average Bonchev–Trinajstić information content (AvgIpc) is 3.64. The first-order valence-electron chi connectivity index (χ1n) is 15.8. The number of hydrogen-bond acceptors (Lipinski definition) is 2. The number of benzene rings is 6. The highest BCUT2D eigenvalue weighted by Gasteiger charge is 2.25. The van der Waals surface area contributed by atoms with Gasteiger partial charge in [-0.25, -0.2) is 13.8 Å². The van der Waals surface area contributed by atoms with E-state index >= 15 is 8.78 Å². The number of hydrogen-bond donors (Lipinski definition) is 0. The van der Waals surface area contributed by atoms with Crippen LogP contribution < -0.4 is 0 Å². The summed E-state index contributed by atoms with van der Waals surface area (Å²) < 4.78 is 65.4. The highest BCUT2D eigenvalue weighted by atomic mass is 19.1. The van der Waals surface area contributed by atoms with Gasteiger partial charge in [0.15, 0.2) is 11.6 Å². The van der Waals surface area contributed by atoms with Crippen LogP contribution in [0.3, 0.4) is 0 Å². The molecule has 44 heavy (non-hydrogen) atoms. The van der Waals surface area contributed by atoms with Crippen LogP contribution in [-0.4, -0.2) is 9.55 Å². The number of halogens is 2. The zero-order valence-corrected chi connectivity index (χ0v) is 23.6. The third-order valence-corrected chi connectivity index (χ3v) is 8.27. The van der Waals surface area contributed by atoms with Crippen molar-refractivity contribution >= 4 is 33.0 Å². The van der Waals surface area contributed by atoms with Gasteiger partial charge in [-0.2, -0.15) is 0 Å². The van der Waals surface area contributed by atoms with Crippen LogP contribution in [0.25, 0.3) is 72.3 Å². The van der Waals surface area contributed by atoms with Gasteiger partial charge in [0.25, 0.3) is 0 Å². The van der Waals surface area contributed by atoms with E-state index in [-0.39, 0.29) is 22.7 Å². The second-order valence-corrected chi connectivity index (χ2v) is 10.9. The molecule has 0 saturated heterocycles. The summed E-state index contributed by atoms with van der Waals surface area (Å²) in [7, 11) is 0. The second-order valence-electron chi connectivity index (χ2n) is 10.9. The first kappa shape index (κ1) is 23.0. The summed E-state index contributed by atoms with van der Waals surface area (Å²) in [6.45, 7) is -0.513. The Labute approximate surface area is 256 Å². The monoisotopic (exact) mass is 579 g/mol. The molecule has 2 heterocycles. The predicted molar refractivity (Wildman–Crippen MR) is 174 cm³/mol. The molecule has 0 unspecified atom stereocenters. The van der Waals surface area contributed by atoms with Gasteiger partial charge in [0.1, 0.15) is 22.7 Å². The molecule has 0 atom stereocenters. The Hall–Kier alpha value is -5.55. The Bertz CT molecular complexity index is 2460. The van der Waals surface area contributed by atoms with Crippen molar-refractivity contribution in [2.45, 2.75) is 13.8 Å². The van der Waals surface area contributed by atoms with E-state index in [4.69, 9.17) is 13.5 Å². The minimum atomic E-state index is -2.45. The standard InChI is InChI=1S/C39H26F2N2O/c1-23-17-18-30(38-35(23)29-20-19-28(24(2)37(29)44-38)26-13-7-4-8-14-26)39-42-33-15-9-10-16-34(33)43(39)36-31(40)21-27(22-32(36)41)25-11-5-3-6-12-25/h3-22H,1-2H3/i1D3. The molecule has 0 radical (unpaired) electrons. The van der Waals surface area contributed by atoms with E-state index < -0.39 is 18.5 Å². The fourth-order valence-corrected chi connectivity index (χ4v) is 6.19. The van der Waals surface area contributed by atoms with Crippen LogP contribution in [0.2, 0.25) is 0 Å². The number of fused-ring (bicyclic) bond motifs is 4. The lowest BCUT2D eigenvalue weighted by Gasteiger charge is -2.14. The number of aromatic nitrogens is 2. The molecular weight excluding hydrogens is 550 g/mol. The van der Waals surface area contributed by atoms with Gasteiger partial charge >= 0.3 is 0 Å². The molecule has 3 nitrogen and oxygen atoms in total. The molecule has 6 aromatic carbocycles. The average molecular weight is 580 g/mol. The van der Waals surface area contributed by atoms with E-state index in [0.29, 0.717) is 44.1 Å². The summed E-state index contributed by atoms with van der Waals surface area (Å²) in [5.74, 6) is -1.31. The minimum Gasteiger partial charge on any atom is -0.455 e. The smallest absolute Gasteiger partial charge is 0.150 e. The largest absolute Gasteiger partial charge is 0.455 e. The molecule has 0 N–H and O–H groups in total. The quantitative estimate of drug-likeness (QED) is 0.208. The predicted octanol–water partition coefficient (Wildman–Crippen LogP) is 10.8. The van der Waals surface area contributed by atoms with Crippen molar-refractivity contribution < 1.29 is 17.3 Å². The molecule has 0 fully saturated rings. The molecule has 0 bridgehead atoms. The number of rotatable bonds is 4.